The van der Waals surface area contributed by atoms with E-state index in [-0.39, 0.29) is 31.4 Å². The van der Waals surface area contributed by atoms with E-state index in [1.807, 2.05) is 6.92 Å². The number of nitrogens with one attached hydrogen (secondary N) is 3. The number of nitrogens with zero attached hydrogens (tertiary/aromatic N) is 2. The lowest BCUT2D eigenvalue weighted by atomic mass is 10.1. The van der Waals surface area contributed by atoms with Crippen molar-refractivity contribution >= 4 is 28.6 Å². The van der Waals surface area contributed by atoms with Crippen LogP contribution in [0.5, 0.6) is 11.5 Å². The normalized spacial score (nSPS) is 12.7. The van der Waals surface area contributed by atoms with Gasteiger partial charge in [0.05, 0.1) is 10.9 Å². The SMILES string of the molecule is CCn1cc(C(=O)N[C@@H](C)C(=O)NCCNC(=O)c2ccncc2)c(=O)c2cc3c(cc21)OCO3. The van der Waals surface area contributed by atoms with Gasteiger partial charge >= 0.3 is 0 Å². The molecule has 3 N–H and O–H groups in total. The van der Waals surface area contributed by atoms with Gasteiger partial charge in [0.1, 0.15) is 11.6 Å². The summed E-state index contributed by atoms with van der Waals surface area (Å²) in [5.41, 5.74) is 0.538. The van der Waals surface area contributed by atoms with Crippen molar-refractivity contribution < 1.29 is 23.9 Å². The molecule has 1 aliphatic rings. The lowest BCUT2D eigenvalue weighted by Gasteiger charge is -2.16. The van der Waals surface area contributed by atoms with Crippen LogP contribution in [0.3, 0.4) is 0 Å². The minimum absolute atomic E-state index is 0.0688. The molecule has 0 radical (unpaired) electrons. The molecule has 1 atom stereocenters. The number of rotatable bonds is 8. The van der Waals surface area contributed by atoms with Gasteiger partial charge in [0.15, 0.2) is 11.5 Å². The Morgan fingerprint density at radius 2 is 1.74 bits per heavy atom. The molecular formula is C24H25N5O6. The summed E-state index contributed by atoms with van der Waals surface area (Å²) in [5.74, 6) is -0.409. The molecule has 3 amide bonds. The molecular weight excluding hydrogens is 454 g/mol. The van der Waals surface area contributed by atoms with Crippen LogP contribution < -0.4 is 30.9 Å². The zero-order valence-electron chi connectivity index (χ0n) is 19.3. The highest BCUT2D eigenvalue weighted by atomic mass is 16.7. The van der Waals surface area contributed by atoms with Crippen LogP contribution in [0.4, 0.5) is 0 Å². The molecule has 0 fully saturated rings. The predicted octanol–water partition coefficient (Wildman–Crippen LogP) is 0.810. The molecule has 0 aliphatic carbocycles. The van der Waals surface area contributed by atoms with Crippen molar-refractivity contribution in [1.82, 2.24) is 25.5 Å². The lowest BCUT2D eigenvalue weighted by molar-refractivity contribution is -0.122. The Balaban J connectivity index is 1.38. The number of aromatic nitrogens is 2. The summed E-state index contributed by atoms with van der Waals surface area (Å²) in [6, 6.07) is 5.55. The molecule has 1 aliphatic heterocycles. The molecule has 2 aromatic heterocycles. The Hall–Kier alpha value is -4.41. The Morgan fingerprint density at radius 3 is 2.46 bits per heavy atom. The van der Waals surface area contributed by atoms with E-state index in [9.17, 15) is 19.2 Å². The van der Waals surface area contributed by atoms with Gasteiger partial charge in [0.25, 0.3) is 11.8 Å². The molecule has 3 aromatic rings. The number of aryl methyl sites for hydroxylation is 1. The quantitative estimate of drug-likeness (QED) is 0.406. The second-order valence-electron chi connectivity index (χ2n) is 7.86. The van der Waals surface area contributed by atoms with Crippen molar-refractivity contribution in [3.63, 3.8) is 0 Å². The average molecular weight is 479 g/mol. The third-order valence-electron chi connectivity index (χ3n) is 5.55. The van der Waals surface area contributed by atoms with E-state index in [2.05, 4.69) is 20.9 Å². The van der Waals surface area contributed by atoms with E-state index in [4.69, 9.17) is 9.47 Å². The van der Waals surface area contributed by atoms with E-state index < -0.39 is 23.3 Å². The maximum atomic E-state index is 13.1. The maximum absolute atomic E-state index is 13.1. The Bertz CT molecular complexity index is 1340. The Morgan fingerprint density at radius 1 is 1.06 bits per heavy atom. The fraction of sp³-hybridized carbons (Fsp3) is 0.292. The van der Waals surface area contributed by atoms with Gasteiger partial charge in [-0.25, -0.2) is 0 Å². The van der Waals surface area contributed by atoms with Crippen molar-refractivity contribution in [2.75, 3.05) is 19.9 Å². The van der Waals surface area contributed by atoms with Crippen LogP contribution in [0.1, 0.15) is 34.6 Å². The summed E-state index contributed by atoms with van der Waals surface area (Å²) in [4.78, 5) is 54.2. The Kier molecular flexibility index (Phi) is 6.95. The van der Waals surface area contributed by atoms with E-state index in [1.165, 1.54) is 25.5 Å². The molecule has 0 saturated heterocycles. The van der Waals surface area contributed by atoms with Gasteiger partial charge in [-0.3, -0.25) is 24.2 Å². The van der Waals surface area contributed by atoms with Gasteiger partial charge in [-0.15, -0.1) is 0 Å². The molecule has 0 bridgehead atoms. The average Bonchev–Trinajstić information content (AvgIpc) is 3.33. The molecule has 0 saturated carbocycles. The number of fused-ring (bicyclic) bond motifs is 2. The number of hydrogen-bond acceptors (Lipinski definition) is 7. The van der Waals surface area contributed by atoms with Gasteiger partial charge in [0, 0.05) is 49.9 Å². The van der Waals surface area contributed by atoms with Crippen LogP contribution in [0, 0.1) is 0 Å². The summed E-state index contributed by atoms with van der Waals surface area (Å²) >= 11 is 0. The topological polar surface area (TPSA) is 141 Å². The highest BCUT2D eigenvalue weighted by Gasteiger charge is 2.23. The van der Waals surface area contributed by atoms with Gasteiger partial charge in [-0.2, -0.15) is 0 Å². The molecule has 35 heavy (non-hydrogen) atoms. The number of amides is 3. The number of hydrogen-bond donors (Lipinski definition) is 3. The molecule has 11 heteroatoms. The first kappa shape index (κ1) is 23.7. The molecule has 182 valence electrons. The van der Waals surface area contributed by atoms with Crippen LogP contribution in [0.25, 0.3) is 10.9 Å². The maximum Gasteiger partial charge on any atom is 0.257 e. The van der Waals surface area contributed by atoms with Gasteiger partial charge in [0.2, 0.25) is 18.1 Å². The van der Waals surface area contributed by atoms with E-state index in [1.54, 1.807) is 28.8 Å². The summed E-state index contributed by atoms with van der Waals surface area (Å²) in [6.45, 7) is 4.36. The summed E-state index contributed by atoms with van der Waals surface area (Å²) in [7, 11) is 0. The summed E-state index contributed by atoms with van der Waals surface area (Å²) in [5, 5.41) is 8.22. The third kappa shape index (κ3) is 5.08. The predicted molar refractivity (Wildman–Crippen MR) is 127 cm³/mol. The van der Waals surface area contributed by atoms with Crippen molar-refractivity contribution in [2.24, 2.45) is 0 Å². The summed E-state index contributed by atoms with van der Waals surface area (Å²) < 4.78 is 12.5. The molecule has 1 aromatic carbocycles. The minimum Gasteiger partial charge on any atom is -0.454 e. The van der Waals surface area contributed by atoms with E-state index >= 15 is 0 Å². The lowest BCUT2D eigenvalue weighted by Crippen LogP contribution is -2.47. The van der Waals surface area contributed by atoms with Crippen molar-refractivity contribution in [2.45, 2.75) is 26.4 Å². The van der Waals surface area contributed by atoms with Crippen molar-refractivity contribution in [3.8, 4) is 11.5 Å². The Labute approximate surface area is 200 Å². The van der Waals surface area contributed by atoms with Gasteiger partial charge < -0.3 is 30.0 Å². The zero-order valence-corrected chi connectivity index (χ0v) is 19.3. The molecule has 0 unspecified atom stereocenters. The van der Waals surface area contributed by atoms with Crippen LogP contribution in [-0.4, -0.2) is 53.2 Å². The second kappa shape index (κ2) is 10.2. The highest BCUT2D eigenvalue weighted by Crippen LogP contribution is 2.35. The van der Waals surface area contributed by atoms with E-state index in [0.717, 1.165) is 0 Å². The number of carbonyl (C=O) groups excluding carboxylic acids is 3. The fourth-order valence-electron chi connectivity index (χ4n) is 3.66. The smallest absolute Gasteiger partial charge is 0.257 e. The number of carbonyl (C=O) groups is 3. The standard InChI is InChI=1S/C24H25N5O6/c1-3-29-12-17(21(30)16-10-19-20(11-18(16)29)35-13-34-19)24(33)28-14(2)22(31)26-8-9-27-23(32)15-4-6-25-7-5-15/h4-7,10-12,14H,3,8-9,13H2,1-2H3,(H,26,31)(H,27,32)(H,28,33)/t14-/m0/s1. The van der Waals surface area contributed by atoms with Crippen LogP contribution in [0.2, 0.25) is 0 Å². The van der Waals surface area contributed by atoms with Crippen molar-refractivity contribution in [1.29, 1.82) is 0 Å². The molecule has 3 heterocycles. The largest absolute Gasteiger partial charge is 0.454 e. The number of pyridine rings is 2. The monoisotopic (exact) mass is 479 g/mol. The molecule has 4 rings (SSSR count). The fourth-order valence-corrected chi connectivity index (χ4v) is 3.66. The van der Waals surface area contributed by atoms with Gasteiger partial charge in [-0.05, 0) is 32.0 Å². The highest BCUT2D eigenvalue weighted by molar-refractivity contribution is 6.00. The van der Waals surface area contributed by atoms with E-state index in [0.29, 0.717) is 34.5 Å². The number of ether oxygens (including phenoxy) is 2. The molecule has 11 nitrogen and oxygen atoms in total. The second-order valence-corrected chi connectivity index (χ2v) is 7.86. The van der Waals surface area contributed by atoms with Crippen molar-refractivity contribution in [3.05, 3.63) is 64.2 Å². The number of benzene rings is 1. The first-order chi connectivity index (χ1) is 16.9. The third-order valence-corrected chi connectivity index (χ3v) is 5.55. The first-order valence-electron chi connectivity index (χ1n) is 11.1. The zero-order chi connectivity index (χ0) is 24.9. The van der Waals surface area contributed by atoms with Crippen LogP contribution in [-0.2, 0) is 11.3 Å². The summed E-state index contributed by atoms with van der Waals surface area (Å²) in [6.07, 6.45) is 4.50. The minimum atomic E-state index is -0.902. The first-order valence-corrected chi connectivity index (χ1v) is 11.1. The van der Waals surface area contributed by atoms with Crippen LogP contribution >= 0.6 is 0 Å². The molecule has 0 spiro atoms. The van der Waals surface area contributed by atoms with Gasteiger partial charge in [-0.1, -0.05) is 0 Å². The van der Waals surface area contributed by atoms with Crippen LogP contribution in [0.15, 0.2) is 47.7 Å².